The number of amides is 1. The Balaban J connectivity index is 1.59. The fourth-order valence-electron chi connectivity index (χ4n) is 2.79. The lowest BCUT2D eigenvalue weighted by atomic mass is 10.1. The summed E-state index contributed by atoms with van der Waals surface area (Å²) in [6.07, 6.45) is 6.13. The number of hydrogen-bond donors (Lipinski definition) is 2. The van der Waals surface area contributed by atoms with Crippen LogP contribution in [0.1, 0.15) is 28.0 Å². The highest BCUT2D eigenvalue weighted by Crippen LogP contribution is 2.38. The third-order valence-corrected chi connectivity index (χ3v) is 5.45. The predicted octanol–water partition coefficient (Wildman–Crippen LogP) is 3.64. The molecule has 0 fully saturated rings. The number of nitrogens with one attached hydrogen (secondary N) is 2. The zero-order valence-electron chi connectivity index (χ0n) is 14.2. The number of nitriles is 1. The van der Waals surface area contributed by atoms with Crippen LogP contribution in [0.2, 0.25) is 0 Å². The van der Waals surface area contributed by atoms with Crippen LogP contribution in [0.15, 0.2) is 30.3 Å². The lowest BCUT2D eigenvalue weighted by molar-refractivity contribution is -0.115. The van der Waals surface area contributed by atoms with Gasteiger partial charge in [-0.05, 0) is 60.8 Å². The number of fused-ring (bicyclic) bond motifs is 1. The van der Waals surface area contributed by atoms with Crippen molar-refractivity contribution in [2.45, 2.75) is 19.3 Å². The molecule has 0 aliphatic heterocycles. The number of anilines is 1. The average Bonchev–Trinajstić information content (AvgIpc) is 3.20. The molecule has 1 aliphatic rings. The van der Waals surface area contributed by atoms with Crippen LogP contribution in [-0.2, 0) is 17.6 Å². The first-order chi connectivity index (χ1) is 12.6. The fourth-order valence-corrected chi connectivity index (χ4v) is 4.30. The summed E-state index contributed by atoms with van der Waals surface area (Å²) in [5.74, 6) is 0.425. The average molecular weight is 383 g/mol. The minimum Gasteiger partial charge on any atom is -0.497 e. The zero-order valence-corrected chi connectivity index (χ0v) is 15.8. The highest BCUT2D eigenvalue weighted by Gasteiger charge is 2.22. The van der Waals surface area contributed by atoms with Gasteiger partial charge in [-0.3, -0.25) is 10.1 Å². The summed E-state index contributed by atoms with van der Waals surface area (Å²) in [6, 6.07) is 9.59. The quantitative estimate of drug-likeness (QED) is 0.623. The molecule has 0 bridgehead atoms. The van der Waals surface area contributed by atoms with Gasteiger partial charge in [-0.15, -0.1) is 11.3 Å². The van der Waals surface area contributed by atoms with E-state index in [0.717, 1.165) is 36.1 Å². The molecule has 3 rings (SSSR count). The molecule has 0 radical (unpaired) electrons. The molecule has 7 heteroatoms. The number of rotatable bonds is 4. The molecule has 2 N–H and O–H groups in total. The molecule has 1 aliphatic carbocycles. The minimum atomic E-state index is -0.332. The van der Waals surface area contributed by atoms with E-state index in [4.69, 9.17) is 17.0 Å². The molecule has 0 spiro atoms. The largest absolute Gasteiger partial charge is 0.497 e. The molecule has 2 aromatic rings. The van der Waals surface area contributed by atoms with Crippen LogP contribution < -0.4 is 15.4 Å². The summed E-state index contributed by atoms with van der Waals surface area (Å²) >= 11 is 6.73. The van der Waals surface area contributed by atoms with Crippen LogP contribution in [0.5, 0.6) is 5.75 Å². The van der Waals surface area contributed by atoms with Crippen LogP contribution in [-0.4, -0.2) is 18.1 Å². The molecule has 1 amide bonds. The standard InChI is InChI=1S/C19H17N3O2S2/c1-24-13-8-5-12(6-9-13)7-10-17(23)21-19(25)22-18-15(11-20)14-3-2-4-16(14)26-18/h5-10H,2-4H2,1H3,(H2,21,22,23,25)/b10-7+. The summed E-state index contributed by atoms with van der Waals surface area (Å²) in [5.41, 5.74) is 2.64. The van der Waals surface area contributed by atoms with Crippen LogP contribution >= 0.6 is 23.6 Å². The molecular weight excluding hydrogens is 366 g/mol. The predicted molar refractivity (Wildman–Crippen MR) is 107 cm³/mol. The number of hydrogen-bond acceptors (Lipinski definition) is 5. The summed E-state index contributed by atoms with van der Waals surface area (Å²) in [6.45, 7) is 0. The Hall–Kier alpha value is -2.69. The van der Waals surface area contributed by atoms with Crippen molar-refractivity contribution in [2.75, 3.05) is 12.4 Å². The number of carbonyl (C=O) groups excluding carboxylic acids is 1. The van der Waals surface area contributed by atoms with Crippen LogP contribution in [0, 0.1) is 11.3 Å². The van der Waals surface area contributed by atoms with E-state index in [9.17, 15) is 10.1 Å². The van der Waals surface area contributed by atoms with Gasteiger partial charge in [-0.2, -0.15) is 5.26 Å². The Bertz CT molecular complexity index is 908. The maximum Gasteiger partial charge on any atom is 0.250 e. The first-order valence-electron chi connectivity index (χ1n) is 8.09. The van der Waals surface area contributed by atoms with Crippen molar-refractivity contribution >= 4 is 45.7 Å². The highest BCUT2D eigenvalue weighted by molar-refractivity contribution is 7.80. The number of ether oxygens (including phenoxy) is 1. The maximum atomic E-state index is 12.0. The summed E-state index contributed by atoms with van der Waals surface area (Å²) in [7, 11) is 1.60. The number of benzene rings is 1. The Morgan fingerprint density at radius 2 is 2.12 bits per heavy atom. The summed E-state index contributed by atoms with van der Waals surface area (Å²) in [5, 5.41) is 15.9. The van der Waals surface area contributed by atoms with Crippen LogP contribution in [0.25, 0.3) is 6.08 Å². The number of carbonyl (C=O) groups is 1. The third-order valence-electron chi connectivity index (χ3n) is 4.04. The zero-order chi connectivity index (χ0) is 18.5. The molecule has 26 heavy (non-hydrogen) atoms. The van der Waals surface area contributed by atoms with E-state index >= 15 is 0 Å². The second kappa shape index (κ2) is 8.13. The molecule has 1 aromatic heterocycles. The number of aryl methyl sites for hydroxylation is 1. The van der Waals surface area contributed by atoms with Gasteiger partial charge in [0.05, 0.1) is 12.7 Å². The third kappa shape index (κ3) is 4.10. The van der Waals surface area contributed by atoms with E-state index in [-0.39, 0.29) is 11.0 Å². The topological polar surface area (TPSA) is 74.2 Å². The lowest BCUT2D eigenvalue weighted by Crippen LogP contribution is -2.32. The van der Waals surface area contributed by atoms with Gasteiger partial charge in [0, 0.05) is 11.0 Å². The highest BCUT2D eigenvalue weighted by atomic mass is 32.1. The van der Waals surface area contributed by atoms with E-state index in [0.29, 0.717) is 10.6 Å². The van der Waals surface area contributed by atoms with Gasteiger partial charge in [0.1, 0.15) is 16.8 Å². The summed E-state index contributed by atoms with van der Waals surface area (Å²) in [4.78, 5) is 13.3. The Kier molecular flexibility index (Phi) is 5.66. The second-order valence-corrected chi connectivity index (χ2v) is 7.24. The maximum absolute atomic E-state index is 12.0. The fraction of sp³-hybridized carbons (Fsp3) is 0.211. The van der Waals surface area contributed by atoms with Gasteiger partial charge in [-0.25, -0.2) is 0 Å². The minimum absolute atomic E-state index is 0.186. The van der Waals surface area contributed by atoms with Gasteiger partial charge in [0.25, 0.3) is 0 Å². The number of thiophene rings is 1. The molecule has 0 saturated heterocycles. The second-order valence-electron chi connectivity index (χ2n) is 5.72. The molecule has 5 nitrogen and oxygen atoms in total. The molecule has 1 aromatic carbocycles. The Labute approximate surface area is 161 Å². The van der Waals surface area contributed by atoms with Gasteiger partial charge in [0.2, 0.25) is 5.91 Å². The van der Waals surface area contributed by atoms with Crippen LogP contribution in [0.3, 0.4) is 0 Å². The van der Waals surface area contributed by atoms with E-state index in [2.05, 4.69) is 16.7 Å². The van der Waals surface area contributed by atoms with E-state index < -0.39 is 0 Å². The Morgan fingerprint density at radius 3 is 2.81 bits per heavy atom. The number of thiocarbonyl (C=S) groups is 1. The molecule has 0 atom stereocenters. The first kappa shape index (κ1) is 18.1. The van der Waals surface area contributed by atoms with Crippen molar-refractivity contribution in [1.82, 2.24) is 5.32 Å². The monoisotopic (exact) mass is 383 g/mol. The smallest absolute Gasteiger partial charge is 0.250 e. The molecule has 0 unspecified atom stereocenters. The van der Waals surface area contributed by atoms with E-state index in [1.165, 1.54) is 11.0 Å². The van der Waals surface area contributed by atoms with Crippen molar-refractivity contribution < 1.29 is 9.53 Å². The molecule has 0 saturated carbocycles. The van der Waals surface area contributed by atoms with Gasteiger partial charge < -0.3 is 10.1 Å². The number of nitrogens with zero attached hydrogens (tertiary/aromatic N) is 1. The SMILES string of the molecule is COc1ccc(/C=C/C(=O)NC(=S)Nc2sc3c(c2C#N)CCC3)cc1. The normalized spacial score (nSPS) is 12.5. The molecular formula is C19H17N3O2S2. The summed E-state index contributed by atoms with van der Waals surface area (Å²) < 4.78 is 5.09. The molecule has 1 heterocycles. The van der Waals surface area contributed by atoms with Gasteiger partial charge in [0.15, 0.2) is 5.11 Å². The van der Waals surface area contributed by atoms with E-state index in [1.807, 2.05) is 24.3 Å². The van der Waals surface area contributed by atoms with Crippen molar-refractivity contribution in [2.24, 2.45) is 0 Å². The van der Waals surface area contributed by atoms with Gasteiger partial charge >= 0.3 is 0 Å². The lowest BCUT2D eigenvalue weighted by Gasteiger charge is -2.07. The van der Waals surface area contributed by atoms with Crippen LogP contribution in [0.4, 0.5) is 5.00 Å². The first-order valence-corrected chi connectivity index (χ1v) is 9.32. The van der Waals surface area contributed by atoms with Crippen molar-refractivity contribution in [3.05, 3.63) is 51.9 Å². The number of methoxy groups -OCH3 is 1. The van der Waals surface area contributed by atoms with Crippen molar-refractivity contribution in [1.29, 1.82) is 5.26 Å². The van der Waals surface area contributed by atoms with Crippen molar-refractivity contribution in [3.63, 3.8) is 0 Å². The molecule has 132 valence electrons. The Morgan fingerprint density at radius 1 is 1.35 bits per heavy atom. The van der Waals surface area contributed by atoms with Gasteiger partial charge in [-0.1, -0.05) is 12.1 Å². The van der Waals surface area contributed by atoms with Crippen molar-refractivity contribution in [3.8, 4) is 11.8 Å². The van der Waals surface area contributed by atoms with E-state index in [1.54, 1.807) is 24.5 Å².